The molecule has 0 spiro atoms. The average Bonchev–Trinajstić information content (AvgIpc) is 2.58. The fraction of sp³-hybridized carbons (Fsp3) is 0.167. The van der Waals surface area contributed by atoms with Crippen LogP contribution in [0.1, 0.15) is 11.1 Å². The fourth-order valence-corrected chi connectivity index (χ4v) is 1.98. The van der Waals surface area contributed by atoms with Crippen LogP contribution in [0.2, 0.25) is 0 Å². The van der Waals surface area contributed by atoms with E-state index in [0.29, 0.717) is 18.1 Å². The number of hydrogen-bond acceptors (Lipinski definition) is 1. The van der Waals surface area contributed by atoms with Crippen molar-refractivity contribution in [3.05, 3.63) is 78.4 Å². The molecule has 0 bridgehead atoms. The number of halogens is 3. The first-order valence-electron chi connectivity index (χ1n) is 7.36. The second-order valence-electron chi connectivity index (χ2n) is 5.02. The van der Waals surface area contributed by atoms with Gasteiger partial charge in [0, 0.05) is 12.2 Å². The van der Waals surface area contributed by atoms with Gasteiger partial charge in [-0.1, -0.05) is 36.4 Å². The quantitative estimate of drug-likeness (QED) is 0.482. The second-order valence-corrected chi connectivity index (χ2v) is 5.02. The van der Waals surface area contributed by atoms with Crippen LogP contribution in [0, 0.1) is 0 Å². The Hall–Kier alpha value is -2.76. The third-order valence-electron chi connectivity index (χ3n) is 3.12. The van der Waals surface area contributed by atoms with Gasteiger partial charge in [-0.2, -0.15) is 13.2 Å². The van der Waals surface area contributed by atoms with E-state index in [1.807, 2.05) is 30.3 Å². The zero-order valence-electron chi connectivity index (χ0n) is 13.0. The first-order valence-corrected chi connectivity index (χ1v) is 7.36. The molecule has 0 radical (unpaired) electrons. The van der Waals surface area contributed by atoms with Gasteiger partial charge in [-0.15, -0.1) is 6.58 Å². The molecule has 0 amide bonds. The van der Waals surface area contributed by atoms with Crippen molar-refractivity contribution in [3.63, 3.8) is 0 Å². The number of guanidine groups is 1. The monoisotopic (exact) mass is 333 g/mol. The van der Waals surface area contributed by atoms with Gasteiger partial charge in [-0.3, -0.25) is 0 Å². The summed E-state index contributed by atoms with van der Waals surface area (Å²) >= 11 is 0. The molecule has 0 aliphatic rings. The molecular formula is C18H18F3N3. The number of alkyl halides is 3. The number of nitrogens with one attached hydrogen (secondary N) is 2. The Labute approximate surface area is 138 Å². The number of hydrogen-bond donors (Lipinski definition) is 2. The molecule has 126 valence electrons. The van der Waals surface area contributed by atoms with Crippen molar-refractivity contribution in [2.75, 3.05) is 11.9 Å². The molecule has 3 nitrogen and oxygen atoms in total. The first-order chi connectivity index (χ1) is 11.5. The predicted molar refractivity (Wildman–Crippen MR) is 90.8 cm³/mol. The van der Waals surface area contributed by atoms with Gasteiger partial charge in [-0.25, -0.2) is 4.99 Å². The van der Waals surface area contributed by atoms with Crippen LogP contribution in [0.25, 0.3) is 0 Å². The van der Waals surface area contributed by atoms with E-state index in [1.165, 1.54) is 6.07 Å². The lowest BCUT2D eigenvalue weighted by Crippen LogP contribution is -2.30. The van der Waals surface area contributed by atoms with Crippen LogP contribution in [-0.2, 0) is 12.7 Å². The highest BCUT2D eigenvalue weighted by Crippen LogP contribution is 2.29. The highest BCUT2D eigenvalue weighted by atomic mass is 19.4. The van der Waals surface area contributed by atoms with Crippen LogP contribution in [0.3, 0.4) is 0 Å². The molecule has 0 atom stereocenters. The molecule has 0 heterocycles. The van der Waals surface area contributed by atoms with Crippen molar-refractivity contribution in [1.29, 1.82) is 0 Å². The zero-order chi connectivity index (χ0) is 17.4. The molecule has 0 aliphatic heterocycles. The van der Waals surface area contributed by atoms with Crippen molar-refractivity contribution in [2.24, 2.45) is 4.99 Å². The van der Waals surface area contributed by atoms with Crippen molar-refractivity contribution in [2.45, 2.75) is 12.7 Å². The maximum atomic E-state index is 12.7. The van der Waals surface area contributed by atoms with E-state index in [4.69, 9.17) is 0 Å². The Morgan fingerprint density at radius 2 is 1.83 bits per heavy atom. The summed E-state index contributed by atoms with van der Waals surface area (Å²) in [4.78, 5) is 4.33. The van der Waals surface area contributed by atoms with E-state index < -0.39 is 11.7 Å². The minimum absolute atomic E-state index is 0.128. The highest BCUT2D eigenvalue weighted by molar-refractivity contribution is 5.93. The maximum Gasteiger partial charge on any atom is 0.416 e. The minimum Gasteiger partial charge on any atom is -0.353 e. The Balaban J connectivity index is 2.13. The van der Waals surface area contributed by atoms with Gasteiger partial charge in [0.05, 0.1) is 12.1 Å². The summed E-state index contributed by atoms with van der Waals surface area (Å²) in [5, 5.41) is 6.13. The topological polar surface area (TPSA) is 36.4 Å². The molecule has 0 unspecified atom stereocenters. The number of anilines is 1. The van der Waals surface area contributed by atoms with Crippen LogP contribution >= 0.6 is 0 Å². The van der Waals surface area contributed by atoms with Gasteiger partial charge >= 0.3 is 6.18 Å². The third-order valence-corrected chi connectivity index (χ3v) is 3.12. The molecule has 0 saturated carbocycles. The number of para-hydroxylation sites is 1. The number of nitrogens with zero attached hydrogens (tertiary/aromatic N) is 1. The second kappa shape index (κ2) is 8.19. The summed E-state index contributed by atoms with van der Waals surface area (Å²) in [6, 6.07) is 14.5. The van der Waals surface area contributed by atoms with Crippen LogP contribution in [-0.4, -0.2) is 12.5 Å². The summed E-state index contributed by atoms with van der Waals surface area (Å²) in [6.45, 7) is 4.24. The molecule has 2 rings (SSSR count). The van der Waals surface area contributed by atoms with Crippen LogP contribution < -0.4 is 10.6 Å². The predicted octanol–water partition coefficient (Wildman–Crippen LogP) is 4.45. The largest absolute Gasteiger partial charge is 0.416 e. The molecule has 2 aromatic rings. The Morgan fingerprint density at radius 3 is 2.50 bits per heavy atom. The van der Waals surface area contributed by atoms with Crippen LogP contribution in [0.4, 0.5) is 18.9 Å². The van der Waals surface area contributed by atoms with Crippen molar-refractivity contribution in [1.82, 2.24) is 5.32 Å². The molecule has 2 N–H and O–H groups in total. The summed E-state index contributed by atoms with van der Waals surface area (Å²) in [7, 11) is 0. The summed E-state index contributed by atoms with van der Waals surface area (Å²) in [5.41, 5.74) is 0.640. The Morgan fingerprint density at radius 1 is 1.08 bits per heavy atom. The van der Waals surface area contributed by atoms with Crippen LogP contribution in [0.5, 0.6) is 0 Å². The van der Waals surface area contributed by atoms with Gasteiger partial charge in [0.1, 0.15) is 0 Å². The van der Waals surface area contributed by atoms with Gasteiger partial charge in [0.25, 0.3) is 0 Å². The van der Waals surface area contributed by atoms with Gasteiger partial charge in [0.2, 0.25) is 0 Å². The van der Waals surface area contributed by atoms with Gasteiger partial charge < -0.3 is 10.6 Å². The molecular weight excluding hydrogens is 315 g/mol. The molecule has 0 saturated heterocycles. The lowest BCUT2D eigenvalue weighted by Gasteiger charge is -2.12. The maximum absolute atomic E-state index is 12.7. The SMILES string of the molecule is C=CCNC(=NCc1cccc(C(F)(F)F)c1)Nc1ccccc1. The van der Waals surface area contributed by atoms with E-state index in [-0.39, 0.29) is 6.54 Å². The number of rotatable bonds is 5. The fourth-order valence-electron chi connectivity index (χ4n) is 1.98. The smallest absolute Gasteiger partial charge is 0.353 e. The summed E-state index contributed by atoms with van der Waals surface area (Å²) in [6.07, 6.45) is -2.68. The van der Waals surface area contributed by atoms with E-state index in [2.05, 4.69) is 22.2 Å². The van der Waals surface area contributed by atoms with E-state index in [9.17, 15) is 13.2 Å². The molecule has 0 aromatic heterocycles. The van der Waals surface area contributed by atoms with Crippen LogP contribution in [0.15, 0.2) is 72.2 Å². The third kappa shape index (κ3) is 5.46. The first kappa shape index (κ1) is 17.6. The number of aliphatic imine (C=N–C) groups is 1. The lowest BCUT2D eigenvalue weighted by atomic mass is 10.1. The molecule has 2 aromatic carbocycles. The molecule has 0 aliphatic carbocycles. The van der Waals surface area contributed by atoms with Gasteiger partial charge in [0.15, 0.2) is 5.96 Å². The van der Waals surface area contributed by atoms with Crippen molar-refractivity contribution >= 4 is 11.6 Å². The van der Waals surface area contributed by atoms with E-state index in [1.54, 1.807) is 12.1 Å². The standard InChI is InChI=1S/C18H18F3N3/c1-2-11-22-17(24-16-9-4-3-5-10-16)23-13-14-7-6-8-15(12-14)18(19,20)21/h2-10,12H,1,11,13H2,(H2,22,23,24). The minimum atomic E-state index is -4.36. The average molecular weight is 333 g/mol. The van der Waals surface area contributed by atoms with Crippen molar-refractivity contribution in [3.8, 4) is 0 Å². The highest BCUT2D eigenvalue weighted by Gasteiger charge is 2.30. The Kier molecular flexibility index (Phi) is 6.01. The van der Waals surface area contributed by atoms with Gasteiger partial charge in [-0.05, 0) is 29.8 Å². The van der Waals surface area contributed by atoms with E-state index >= 15 is 0 Å². The summed E-state index contributed by atoms with van der Waals surface area (Å²) < 4.78 is 38.2. The van der Waals surface area contributed by atoms with Crippen molar-refractivity contribution < 1.29 is 13.2 Å². The molecule has 0 fully saturated rings. The normalized spacial score (nSPS) is 11.9. The zero-order valence-corrected chi connectivity index (χ0v) is 13.0. The lowest BCUT2D eigenvalue weighted by molar-refractivity contribution is -0.137. The number of benzene rings is 2. The molecule has 24 heavy (non-hydrogen) atoms. The Bertz CT molecular complexity index is 694. The molecule has 6 heteroatoms. The van der Waals surface area contributed by atoms with E-state index in [0.717, 1.165) is 17.8 Å². The summed E-state index contributed by atoms with van der Waals surface area (Å²) in [5.74, 6) is 0.471.